The average molecular weight is 270 g/mol. The van der Waals surface area contributed by atoms with Gasteiger partial charge in [-0.05, 0) is 43.9 Å². The van der Waals surface area contributed by atoms with E-state index in [-0.39, 0.29) is 0 Å². The second-order valence-corrected chi connectivity index (χ2v) is 7.05. The van der Waals surface area contributed by atoms with Crippen molar-refractivity contribution in [3.05, 3.63) is 35.4 Å². The first-order valence-electron chi connectivity index (χ1n) is 8.37. The summed E-state index contributed by atoms with van der Waals surface area (Å²) in [6.45, 7) is 7.64. The second-order valence-electron chi connectivity index (χ2n) is 7.05. The molecule has 20 heavy (non-hydrogen) atoms. The fraction of sp³-hybridized carbons (Fsp3) is 0.667. The number of hydrogen-bond donors (Lipinski definition) is 0. The third-order valence-corrected chi connectivity index (χ3v) is 5.73. The molecule has 108 valence electrons. The molecule has 3 aliphatic rings. The molecule has 0 bridgehead atoms. The van der Waals surface area contributed by atoms with E-state index in [0.717, 1.165) is 18.0 Å². The van der Waals surface area contributed by atoms with E-state index >= 15 is 0 Å². The predicted molar refractivity (Wildman–Crippen MR) is 83.1 cm³/mol. The van der Waals surface area contributed by atoms with E-state index in [1.54, 1.807) is 11.1 Å². The molecule has 3 atom stereocenters. The monoisotopic (exact) mass is 270 g/mol. The summed E-state index contributed by atoms with van der Waals surface area (Å²) in [7, 11) is 0. The number of fused-ring (bicyclic) bond motifs is 2. The molecule has 0 spiro atoms. The lowest BCUT2D eigenvalue weighted by atomic mass is 9.77. The van der Waals surface area contributed by atoms with E-state index in [0.29, 0.717) is 0 Å². The highest BCUT2D eigenvalue weighted by Gasteiger charge is 2.35. The van der Waals surface area contributed by atoms with Crippen molar-refractivity contribution in [2.45, 2.75) is 50.6 Å². The molecule has 0 N–H and O–H groups in total. The summed E-state index contributed by atoms with van der Waals surface area (Å²) < 4.78 is 0. The van der Waals surface area contributed by atoms with Crippen molar-refractivity contribution in [1.29, 1.82) is 0 Å². The van der Waals surface area contributed by atoms with Crippen LogP contribution in [0.1, 0.15) is 43.2 Å². The van der Waals surface area contributed by atoms with Crippen LogP contribution in [0.2, 0.25) is 0 Å². The van der Waals surface area contributed by atoms with Gasteiger partial charge in [-0.15, -0.1) is 0 Å². The van der Waals surface area contributed by atoms with Gasteiger partial charge in [-0.3, -0.25) is 9.80 Å². The largest absolute Gasteiger partial charge is 0.298 e. The molecule has 2 heterocycles. The summed E-state index contributed by atoms with van der Waals surface area (Å²) in [5.74, 6) is 0.795. The maximum atomic E-state index is 2.77. The maximum Gasteiger partial charge on any atom is 0.0223 e. The Morgan fingerprint density at radius 2 is 2.05 bits per heavy atom. The topological polar surface area (TPSA) is 6.48 Å². The van der Waals surface area contributed by atoms with Gasteiger partial charge in [-0.25, -0.2) is 0 Å². The van der Waals surface area contributed by atoms with Gasteiger partial charge in [0.25, 0.3) is 0 Å². The highest BCUT2D eigenvalue weighted by molar-refractivity contribution is 5.40. The van der Waals surface area contributed by atoms with Crippen molar-refractivity contribution in [1.82, 2.24) is 9.80 Å². The Hall–Kier alpha value is -0.860. The number of piperazine rings is 1. The standard InChI is InChI=1S/C18H26N2/c1-14-11-19-9-5-4-7-17(19)13-20(14)12-16-10-15-6-2-3-8-18(15)16/h2-3,6,8,14,16-17H,4-5,7,9-13H2,1H3. The number of hydrogen-bond acceptors (Lipinski definition) is 2. The van der Waals surface area contributed by atoms with Gasteiger partial charge >= 0.3 is 0 Å². The Morgan fingerprint density at radius 3 is 2.95 bits per heavy atom. The molecule has 0 saturated carbocycles. The summed E-state index contributed by atoms with van der Waals surface area (Å²) in [6.07, 6.45) is 5.58. The van der Waals surface area contributed by atoms with Gasteiger partial charge in [0.15, 0.2) is 0 Å². The fourth-order valence-corrected chi connectivity index (χ4v) is 4.48. The zero-order chi connectivity index (χ0) is 13.5. The van der Waals surface area contributed by atoms with Crippen LogP contribution in [0.4, 0.5) is 0 Å². The Kier molecular flexibility index (Phi) is 3.31. The van der Waals surface area contributed by atoms with Gasteiger partial charge in [0, 0.05) is 37.6 Å². The molecule has 2 aliphatic heterocycles. The fourth-order valence-electron chi connectivity index (χ4n) is 4.48. The molecule has 2 nitrogen and oxygen atoms in total. The molecule has 0 aromatic heterocycles. The second kappa shape index (κ2) is 5.16. The SMILES string of the molecule is CC1CN2CCCCC2CN1CC1Cc2ccccc21. The third kappa shape index (κ3) is 2.19. The molecule has 2 fully saturated rings. The highest BCUT2D eigenvalue weighted by atomic mass is 15.3. The maximum absolute atomic E-state index is 2.77. The predicted octanol–water partition coefficient (Wildman–Crippen LogP) is 2.88. The van der Waals surface area contributed by atoms with E-state index in [2.05, 4.69) is 41.0 Å². The molecular formula is C18H26N2. The van der Waals surface area contributed by atoms with E-state index in [1.807, 2.05) is 0 Å². The smallest absolute Gasteiger partial charge is 0.0223 e. The number of nitrogens with zero attached hydrogens (tertiary/aromatic N) is 2. The first kappa shape index (κ1) is 12.8. The quantitative estimate of drug-likeness (QED) is 0.815. The minimum atomic E-state index is 0.733. The van der Waals surface area contributed by atoms with Crippen molar-refractivity contribution >= 4 is 0 Å². The van der Waals surface area contributed by atoms with Gasteiger partial charge in [-0.1, -0.05) is 30.7 Å². The van der Waals surface area contributed by atoms with Crippen molar-refractivity contribution in [2.24, 2.45) is 0 Å². The van der Waals surface area contributed by atoms with Gasteiger partial charge in [0.2, 0.25) is 0 Å². The van der Waals surface area contributed by atoms with Crippen LogP contribution in [0.5, 0.6) is 0 Å². The van der Waals surface area contributed by atoms with Crippen LogP contribution in [-0.2, 0) is 6.42 Å². The van der Waals surface area contributed by atoms with E-state index in [1.165, 1.54) is 51.9 Å². The lowest BCUT2D eigenvalue weighted by Gasteiger charge is -2.49. The average Bonchev–Trinajstić information content (AvgIpc) is 2.45. The minimum Gasteiger partial charge on any atom is -0.298 e. The summed E-state index contributed by atoms with van der Waals surface area (Å²) in [5.41, 5.74) is 3.20. The molecule has 1 aliphatic carbocycles. The van der Waals surface area contributed by atoms with E-state index < -0.39 is 0 Å². The van der Waals surface area contributed by atoms with Crippen LogP contribution in [0.25, 0.3) is 0 Å². The van der Waals surface area contributed by atoms with Crippen molar-refractivity contribution in [3.8, 4) is 0 Å². The van der Waals surface area contributed by atoms with Crippen molar-refractivity contribution in [2.75, 3.05) is 26.2 Å². The first-order valence-corrected chi connectivity index (χ1v) is 8.37. The zero-order valence-electron chi connectivity index (χ0n) is 12.6. The molecule has 1 aromatic carbocycles. The van der Waals surface area contributed by atoms with E-state index in [9.17, 15) is 0 Å². The summed E-state index contributed by atoms with van der Waals surface area (Å²) in [4.78, 5) is 5.52. The van der Waals surface area contributed by atoms with Crippen molar-refractivity contribution < 1.29 is 0 Å². The highest BCUT2D eigenvalue weighted by Crippen LogP contribution is 2.36. The summed E-state index contributed by atoms with van der Waals surface area (Å²) in [5, 5.41) is 0. The molecule has 1 aromatic rings. The van der Waals surface area contributed by atoms with Crippen LogP contribution in [0, 0.1) is 0 Å². The van der Waals surface area contributed by atoms with Gasteiger partial charge in [0.05, 0.1) is 0 Å². The lowest BCUT2D eigenvalue weighted by Crippen LogP contribution is -2.59. The number of benzene rings is 1. The van der Waals surface area contributed by atoms with Gasteiger partial charge < -0.3 is 0 Å². The molecule has 3 unspecified atom stereocenters. The number of rotatable bonds is 2. The summed E-state index contributed by atoms with van der Waals surface area (Å²) >= 11 is 0. The molecule has 0 radical (unpaired) electrons. The Bertz CT molecular complexity index is 484. The Balaban J connectivity index is 1.42. The zero-order valence-corrected chi connectivity index (χ0v) is 12.6. The molecule has 4 rings (SSSR count). The van der Waals surface area contributed by atoms with E-state index in [4.69, 9.17) is 0 Å². The van der Waals surface area contributed by atoms with Gasteiger partial charge in [0.1, 0.15) is 0 Å². The normalized spacial score (nSPS) is 34.1. The number of piperidine rings is 1. The van der Waals surface area contributed by atoms with Crippen LogP contribution in [-0.4, -0.2) is 48.1 Å². The van der Waals surface area contributed by atoms with Crippen molar-refractivity contribution in [3.63, 3.8) is 0 Å². The molecular weight excluding hydrogens is 244 g/mol. The van der Waals surface area contributed by atoms with Crippen LogP contribution in [0.3, 0.4) is 0 Å². The van der Waals surface area contributed by atoms with Crippen LogP contribution < -0.4 is 0 Å². The van der Waals surface area contributed by atoms with Crippen LogP contribution in [0.15, 0.2) is 24.3 Å². The minimum absolute atomic E-state index is 0.733. The first-order chi connectivity index (χ1) is 9.81. The Labute approximate surface area is 122 Å². The third-order valence-electron chi connectivity index (χ3n) is 5.73. The molecule has 2 heteroatoms. The molecule has 2 saturated heterocycles. The Morgan fingerprint density at radius 1 is 1.15 bits per heavy atom. The van der Waals surface area contributed by atoms with Gasteiger partial charge in [-0.2, -0.15) is 0 Å². The molecule has 0 amide bonds. The summed E-state index contributed by atoms with van der Waals surface area (Å²) in [6, 6.07) is 10.6. The van der Waals surface area contributed by atoms with Crippen LogP contribution >= 0.6 is 0 Å². The lowest BCUT2D eigenvalue weighted by molar-refractivity contribution is 0.0113.